The van der Waals surface area contributed by atoms with Crippen molar-refractivity contribution in [3.63, 3.8) is 0 Å². The van der Waals surface area contributed by atoms with E-state index in [2.05, 4.69) is 38.2 Å². The number of carbonyl (C=O) groups is 1. The third kappa shape index (κ3) is 4.21. The Morgan fingerprint density at radius 1 is 1.23 bits per heavy atom. The molecule has 1 N–H and O–H groups in total. The molecular formula is C17H22N2O2S. The summed E-state index contributed by atoms with van der Waals surface area (Å²) in [6.07, 6.45) is 0. The number of aryl methyl sites for hydroxylation is 3. The molecule has 1 aromatic carbocycles. The molecule has 4 nitrogen and oxygen atoms in total. The van der Waals surface area contributed by atoms with Crippen molar-refractivity contribution in [2.24, 2.45) is 0 Å². The lowest BCUT2D eigenvalue weighted by atomic mass is 10.0. The smallest absolute Gasteiger partial charge is 0.230 e. The number of methoxy groups -OCH3 is 1. The highest BCUT2D eigenvalue weighted by molar-refractivity contribution is 7.99. The standard InChI is InChI=1S/C17H22N2O2S/c1-11-7-13(3)17-14(8-11)12(2)9-16(19-17)22-10-15(20)18-5-6-21-4/h7-9H,5-6,10H2,1-4H3,(H,18,20). The van der Waals surface area contributed by atoms with Gasteiger partial charge in [-0.15, -0.1) is 0 Å². The summed E-state index contributed by atoms with van der Waals surface area (Å²) in [5.74, 6) is 0.370. The second-order valence-corrected chi connectivity index (χ2v) is 6.38. The molecule has 5 heteroatoms. The highest BCUT2D eigenvalue weighted by Crippen LogP contribution is 2.26. The van der Waals surface area contributed by atoms with Gasteiger partial charge in [0.05, 0.1) is 22.9 Å². The van der Waals surface area contributed by atoms with E-state index in [1.54, 1.807) is 7.11 Å². The van der Waals surface area contributed by atoms with Gasteiger partial charge in [-0.2, -0.15) is 0 Å². The number of aromatic nitrogens is 1. The van der Waals surface area contributed by atoms with E-state index in [1.165, 1.54) is 33.8 Å². The van der Waals surface area contributed by atoms with Crippen LogP contribution in [-0.4, -0.2) is 36.9 Å². The summed E-state index contributed by atoms with van der Waals surface area (Å²) in [6, 6.07) is 6.35. The Morgan fingerprint density at radius 2 is 2.00 bits per heavy atom. The molecule has 0 atom stereocenters. The number of thioether (sulfide) groups is 1. The molecule has 2 rings (SSSR count). The zero-order valence-corrected chi connectivity index (χ0v) is 14.3. The topological polar surface area (TPSA) is 51.2 Å². The third-order valence-electron chi connectivity index (χ3n) is 3.41. The van der Waals surface area contributed by atoms with Gasteiger partial charge in [0.1, 0.15) is 0 Å². The molecule has 1 amide bonds. The number of amides is 1. The molecule has 1 heterocycles. The quantitative estimate of drug-likeness (QED) is 0.657. The van der Waals surface area contributed by atoms with Crippen LogP contribution in [0.2, 0.25) is 0 Å². The lowest BCUT2D eigenvalue weighted by Gasteiger charge is -2.10. The van der Waals surface area contributed by atoms with E-state index in [0.29, 0.717) is 18.9 Å². The van der Waals surface area contributed by atoms with E-state index in [9.17, 15) is 4.79 Å². The summed E-state index contributed by atoms with van der Waals surface area (Å²) in [4.78, 5) is 16.4. The molecule has 0 saturated carbocycles. The maximum absolute atomic E-state index is 11.7. The van der Waals surface area contributed by atoms with Crippen molar-refractivity contribution in [1.29, 1.82) is 0 Å². The van der Waals surface area contributed by atoms with Crippen LogP contribution < -0.4 is 5.32 Å². The van der Waals surface area contributed by atoms with E-state index in [4.69, 9.17) is 9.72 Å². The normalized spacial score (nSPS) is 10.9. The fourth-order valence-electron chi connectivity index (χ4n) is 2.37. The first-order valence-corrected chi connectivity index (χ1v) is 8.27. The molecule has 0 aliphatic heterocycles. The van der Waals surface area contributed by atoms with Crippen molar-refractivity contribution in [2.75, 3.05) is 26.0 Å². The van der Waals surface area contributed by atoms with Crippen LogP contribution in [0.25, 0.3) is 10.9 Å². The van der Waals surface area contributed by atoms with Gasteiger partial charge in [0.15, 0.2) is 0 Å². The number of benzene rings is 1. The van der Waals surface area contributed by atoms with Crippen molar-refractivity contribution in [3.05, 3.63) is 34.9 Å². The Kier molecular flexibility index (Phi) is 5.80. The Balaban J connectivity index is 2.11. The predicted octanol–water partition coefficient (Wildman–Crippen LogP) is 3.01. The molecule has 0 aliphatic carbocycles. The molecule has 0 spiro atoms. The van der Waals surface area contributed by atoms with Gasteiger partial charge in [0, 0.05) is 19.0 Å². The number of nitrogens with zero attached hydrogens (tertiary/aromatic N) is 1. The van der Waals surface area contributed by atoms with Crippen LogP contribution in [0.4, 0.5) is 0 Å². The minimum absolute atomic E-state index is 0.00206. The second kappa shape index (κ2) is 7.61. The monoisotopic (exact) mass is 318 g/mol. The van der Waals surface area contributed by atoms with Gasteiger partial charge < -0.3 is 10.1 Å². The Morgan fingerprint density at radius 3 is 2.73 bits per heavy atom. The van der Waals surface area contributed by atoms with Crippen LogP contribution >= 0.6 is 11.8 Å². The largest absolute Gasteiger partial charge is 0.383 e. The third-order valence-corrected chi connectivity index (χ3v) is 4.32. The Hall–Kier alpha value is -1.59. The van der Waals surface area contributed by atoms with Gasteiger partial charge >= 0.3 is 0 Å². The number of hydrogen-bond donors (Lipinski definition) is 1. The first-order chi connectivity index (χ1) is 10.5. The first kappa shape index (κ1) is 16.8. The van der Waals surface area contributed by atoms with E-state index >= 15 is 0 Å². The van der Waals surface area contributed by atoms with Gasteiger partial charge in [0.2, 0.25) is 5.91 Å². The van der Waals surface area contributed by atoms with E-state index < -0.39 is 0 Å². The van der Waals surface area contributed by atoms with Crippen molar-refractivity contribution in [1.82, 2.24) is 10.3 Å². The van der Waals surface area contributed by atoms with Gasteiger partial charge in [-0.3, -0.25) is 4.79 Å². The average Bonchev–Trinajstić information content (AvgIpc) is 2.46. The van der Waals surface area contributed by atoms with E-state index in [1.807, 2.05) is 6.07 Å². The van der Waals surface area contributed by atoms with Crippen LogP contribution in [0, 0.1) is 20.8 Å². The van der Waals surface area contributed by atoms with Crippen molar-refractivity contribution >= 4 is 28.6 Å². The SMILES string of the molecule is COCCNC(=O)CSc1cc(C)c2cc(C)cc(C)c2n1. The van der Waals surface area contributed by atoms with Crippen molar-refractivity contribution in [3.8, 4) is 0 Å². The molecule has 118 valence electrons. The number of hydrogen-bond acceptors (Lipinski definition) is 4. The van der Waals surface area contributed by atoms with Gasteiger partial charge in [0.25, 0.3) is 0 Å². The maximum Gasteiger partial charge on any atom is 0.230 e. The lowest BCUT2D eigenvalue weighted by Crippen LogP contribution is -2.28. The lowest BCUT2D eigenvalue weighted by molar-refractivity contribution is -0.118. The van der Waals surface area contributed by atoms with Crippen LogP contribution in [0.1, 0.15) is 16.7 Å². The Labute approximate surface area is 135 Å². The summed E-state index contributed by atoms with van der Waals surface area (Å²) in [7, 11) is 1.62. The minimum Gasteiger partial charge on any atom is -0.383 e. The maximum atomic E-state index is 11.7. The number of ether oxygens (including phenoxy) is 1. The molecular weight excluding hydrogens is 296 g/mol. The molecule has 0 unspecified atom stereocenters. The molecule has 1 aromatic heterocycles. The summed E-state index contributed by atoms with van der Waals surface area (Å²) in [5, 5.41) is 4.89. The van der Waals surface area contributed by atoms with E-state index in [0.717, 1.165) is 10.5 Å². The molecule has 0 fully saturated rings. The molecule has 22 heavy (non-hydrogen) atoms. The minimum atomic E-state index is 0.00206. The summed E-state index contributed by atoms with van der Waals surface area (Å²) in [6.45, 7) is 7.33. The predicted molar refractivity (Wildman–Crippen MR) is 91.6 cm³/mol. The first-order valence-electron chi connectivity index (χ1n) is 7.28. The second-order valence-electron chi connectivity index (χ2n) is 5.39. The highest BCUT2D eigenvalue weighted by Gasteiger charge is 2.08. The summed E-state index contributed by atoms with van der Waals surface area (Å²) >= 11 is 1.46. The number of nitrogens with one attached hydrogen (secondary N) is 1. The van der Waals surface area contributed by atoms with E-state index in [-0.39, 0.29) is 5.91 Å². The number of fused-ring (bicyclic) bond motifs is 1. The van der Waals surface area contributed by atoms with Gasteiger partial charge in [-0.1, -0.05) is 23.4 Å². The highest BCUT2D eigenvalue weighted by atomic mass is 32.2. The number of carbonyl (C=O) groups excluding carboxylic acids is 1. The van der Waals surface area contributed by atoms with Crippen LogP contribution in [0.3, 0.4) is 0 Å². The zero-order valence-electron chi connectivity index (χ0n) is 13.5. The number of rotatable bonds is 6. The average molecular weight is 318 g/mol. The van der Waals surface area contributed by atoms with Crippen LogP contribution in [0.5, 0.6) is 0 Å². The van der Waals surface area contributed by atoms with Gasteiger partial charge in [-0.25, -0.2) is 4.98 Å². The summed E-state index contributed by atoms with van der Waals surface area (Å²) in [5.41, 5.74) is 4.63. The fourth-order valence-corrected chi connectivity index (χ4v) is 3.17. The van der Waals surface area contributed by atoms with Crippen molar-refractivity contribution in [2.45, 2.75) is 25.8 Å². The van der Waals surface area contributed by atoms with Crippen LogP contribution in [-0.2, 0) is 9.53 Å². The van der Waals surface area contributed by atoms with Crippen LogP contribution in [0.15, 0.2) is 23.2 Å². The molecule has 0 aliphatic rings. The van der Waals surface area contributed by atoms with Gasteiger partial charge in [-0.05, 0) is 44.0 Å². The zero-order chi connectivity index (χ0) is 16.1. The summed E-state index contributed by atoms with van der Waals surface area (Å²) < 4.78 is 4.91. The molecule has 0 radical (unpaired) electrons. The molecule has 2 aromatic rings. The Bertz CT molecular complexity index is 686. The molecule has 0 saturated heterocycles. The van der Waals surface area contributed by atoms with Crippen molar-refractivity contribution < 1.29 is 9.53 Å². The number of pyridine rings is 1. The fraction of sp³-hybridized carbons (Fsp3) is 0.412. The molecule has 0 bridgehead atoms.